The number of likely N-dealkylation sites (tertiary alicyclic amines) is 1. The summed E-state index contributed by atoms with van der Waals surface area (Å²) in [6.07, 6.45) is 1.03. The molecule has 0 aliphatic carbocycles. The highest BCUT2D eigenvalue weighted by molar-refractivity contribution is 4.93. The van der Waals surface area contributed by atoms with Crippen LogP contribution in [0.2, 0.25) is 0 Å². The van der Waals surface area contributed by atoms with Crippen molar-refractivity contribution in [3.63, 3.8) is 0 Å². The molecular formula is C10H19NO2. The van der Waals surface area contributed by atoms with Crippen molar-refractivity contribution < 1.29 is 9.47 Å². The fraction of sp³-hybridized carbons (Fsp3) is 1.00. The second-order valence-electron chi connectivity index (χ2n) is 4.54. The summed E-state index contributed by atoms with van der Waals surface area (Å²) in [6.45, 7) is 6.97. The molecule has 1 spiro atoms. The minimum Gasteiger partial charge on any atom is -0.346 e. The van der Waals surface area contributed by atoms with Gasteiger partial charge >= 0.3 is 0 Å². The third-order valence-corrected chi connectivity index (χ3v) is 3.16. The quantitative estimate of drug-likeness (QED) is 0.610. The van der Waals surface area contributed by atoms with E-state index in [1.807, 2.05) is 0 Å². The lowest BCUT2D eigenvalue weighted by atomic mass is 10.0. The van der Waals surface area contributed by atoms with Gasteiger partial charge in [0, 0.05) is 12.5 Å². The molecule has 3 heteroatoms. The lowest BCUT2D eigenvalue weighted by Gasteiger charge is -2.21. The Labute approximate surface area is 80.0 Å². The van der Waals surface area contributed by atoms with E-state index in [1.165, 1.54) is 0 Å². The van der Waals surface area contributed by atoms with Gasteiger partial charge in [-0.05, 0) is 13.0 Å². The largest absolute Gasteiger partial charge is 0.346 e. The maximum atomic E-state index is 5.69. The molecule has 0 aromatic carbocycles. The Morgan fingerprint density at radius 1 is 1.31 bits per heavy atom. The van der Waals surface area contributed by atoms with Crippen LogP contribution in [0.4, 0.5) is 0 Å². The van der Waals surface area contributed by atoms with Crippen LogP contribution < -0.4 is 0 Å². The van der Waals surface area contributed by atoms with Crippen LogP contribution in [0.25, 0.3) is 0 Å². The molecule has 0 amide bonds. The van der Waals surface area contributed by atoms with Crippen molar-refractivity contribution in [3.8, 4) is 0 Å². The molecule has 2 aliphatic rings. The lowest BCUT2D eigenvalue weighted by molar-refractivity contribution is -0.145. The van der Waals surface area contributed by atoms with Gasteiger partial charge in [0.25, 0.3) is 0 Å². The van der Waals surface area contributed by atoms with Gasteiger partial charge in [-0.1, -0.05) is 13.8 Å². The van der Waals surface area contributed by atoms with Crippen LogP contribution in [-0.4, -0.2) is 43.5 Å². The van der Waals surface area contributed by atoms with Crippen molar-refractivity contribution in [2.75, 3.05) is 26.8 Å². The maximum absolute atomic E-state index is 5.69. The Morgan fingerprint density at radius 2 is 1.92 bits per heavy atom. The van der Waals surface area contributed by atoms with E-state index in [2.05, 4.69) is 25.8 Å². The van der Waals surface area contributed by atoms with Gasteiger partial charge in [-0.3, -0.25) is 4.90 Å². The zero-order valence-electron chi connectivity index (χ0n) is 8.75. The van der Waals surface area contributed by atoms with Crippen LogP contribution in [0, 0.1) is 5.92 Å². The molecule has 3 nitrogen and oxygen atoms in total. The summed E-state index contributed by atoms with van der Waals surface area (Å²) in [5, 5.41) is 0. The van der Waals surface area contributed by atoms with Gasteiger partial charge in [-0.25, -0.2) is 0 Å². The molecule has 2 fully saturated rings. The van der Waals surface area contributed by atoms with E-state index in [0.29, 0.717) is 12.0 Å². The first-order valence-corrected chi connectivity index (χ1v) is 5.11. The number of likely N-dealkylation sites (N-methyl/N-ethyl adjacent to an activating group) is 1. The van der Waals surface area contributed by atoms with Crippen LogP contribution in [0.5, 0.6) is 0 Å². The number of hydrogen-bond acceptors (Lipinski definition) is 3. The highest BCUT2D eigenvalue weighted by Crippen LogP contribution is 2.36. The SMILES string of the molecule is CC(C)[C@@H]1CC2(CN1C)OCCO2. The number of nitrogens with zero attached hydrogens (tertiary/aromatic N) is 1. The van der Waals surface area contributed by atoms with Crippen molar-refractivity contribution in [1.29, 1.82) is 0 Å². The minimum atomic E-state index is -0.260. The molecule has 0 aromatic rings. The summed E-state index contributed by atoms with van der Waals surface area (Å²) in [6, 6.07) is 0.609. The van der Waals surface area contributed by atoms with Gasteiger partial charge in [0.15, 0.2) is 5.79 Å². The molecule has 2 saturated heterocycles. The highest BCUT2D eigenvalue weighted by atomic mass is 16.7. The molecule has 0 aromatic heterocycles. The van der Waals surface area contributed by atoms with Crippen LogP contribution in [0.15, 0.2) is 0 Å². The standard InChI is InChI=1S/C10H19NO2/c1-8(2)9-6-10(7-11(9)3)12-4-5-13-10/h8-9H,4-7H2,1-3H3/t9-/m0/s1. The average Bonchev–Trinajstić information content (AvgIpc) is 2.60. The summed E-state index contributed by atoms with van der Waals surface area (Å²) in [5.41, 5.74) is 0. The summed E-state index contributed by atoms with van der Waals surface area (Å²) in [7, 11) is 2.16. The normalized spacial score (nSPS) is 33.7. The van der Waals surface area contributed by atoms with Gasteiger partial charge < -0.3 is 9.47 Å². The Morgan fingerprint density at radius 3 is 2.38 bits per heavy atom. The summed E-state index contributed by atoms with van der Waals surface area (Å²) < 4.78 is 11.4. The Kier molecular flexibility index (Phi) is 2.34. The molecule has 0 bridgehead atoms. The summed E-state index contributed by atoms with van der Waals surface area (Å²) in [5.74, 6) is 0.418. The van der Waals surface area contributed by atoms with E-state index >= 15 is 0 Å². The van der Waals surface area contributed by atoms with Crippen molar-refractivity contribution in [3.05, 3.63) is 0 Å². The van der Waals surface area contributed by atoms with Gasteiger partial charge in [-0.2, -0.15) is 0 Å². The van der Waals surface area contributed by atoms with Crippen LogP contribution in [0.1, 0.15) is 20.3 Å². The van der Waals surface area contributed by atoms with Crippen molar-refractivity contribution in [2.24, 2.45) is 5.92 Å². The Bertz CT molecular complexity index is 187. The average molecular weight is 185 g/mol. The zero-order valence-corrected chi connectivity index (χ0v) is 8.75. The molecule has 1 atom stereocenters. The summed E-state index contributed by atoms with van der Waals surface area (Å²) in [4.78, 5) is 2.36. The number of rotatable bonds is 1. The van der Waals surface area contributed by atoms with E-state index in [1.54, 1.807) is 0 Å². The van der Waals surface area contributed by atoms with Crippen molar-refractivity contribution in [1.82, 2.24) is 4.90 Å². The van der Waals surface area contributed by atoms with Gasteiger partial charge in [0.05, 0.1) is 19.8 Å². The third kappa shape index (κ3) is 1.60. The first-order chi connectivity index (χ1) is 6.13. The second kappa shape index (κ2) is 3.23. The molecule has 2 rings (SSSR count). The van der Waals surface area contributed by atoms with Crippen LogP contribution in [0.3, 0.4) is 0 Å². The lowest BCUT2D eigenvalue weighted by Crippen LogP contribution is -2.33. The first-order valence-electron chi connectivity index (χ1n) is 5.11. The second-order valence-corrected chi connectivity index (χ2v) is 4.54. The van der Waals surface area contributed by atoms with Crippen molar-refractivity contribution >= 4 is 0 Å². The minimum absolute atomic E-state index is 0.260. The van der Waals surface area contributed by atoms with Gasteiger partial charge in [0.2, 0.25) is 0 Å². The molecule has 2 heterocycles. The molecule has 0 unspecified atom stereocenters. The van der Waals surface area contributed by atoms with E-state index in [4.69, 9.17) is 9.47 Å². The van der Waals surface area contributed by atoms with Crippen LogP contribution in [-0.2, 0) is 9.47 Å². The van der Waals surface area contributed by atoms with E-state index in [9.17, 15) is 0 Å². The van der Waals surface area contributed by atoms with Gasteiger partial charge in [0.1, 0.15) is 0 Å². The Balaban J connectivity index is 2.05. The smallest absolute Gasteiger partial charge is 0.182 e. The summed E-state index contributed by atoms with van der Waals surface area (Å²) >= 11 is 0. The Hall–Kier alpha value is -0.120. The van der Waals surface area contributed by atoms with Crippen LogP contribution >= 0.6 is 0 Å². The molecule has 76 valence electrons. The maximum Gasteiger partial charge on any atom is 0.182 e. The molecule has 2 aliphatic heterocycles. The first kappa shape index (κ1) is 9.44. The van der Waals surface area contributed by atoms with Gasteiger partial charge in [-0.15, -0.1) is 0 Å². The van der Waals surface area contributed by atoms with E-state index in [-0.39, 0.29) is 5.79 Å². The topological polar surface area (TPSA) is 21.7 Å². The zero-order chi connectivity index (χ0) is 9.47. The predicted octanol–water partition coefficient (Wildman–Crippen LogP) is 1.09. The molecule has 0 N–H and O–H groups in total. The number of hydrogen-bond donors (Lipinski definition) is 0. The number of ether oxygens (including phenoxy) is 2. The van der Waals surface area contributed by atoms with E-state index in [0.717, 1.165) is 26.2 Å². The third-order valence-electron chi connectivity index (χ3n) is 3.16. The molecule has 0 radical (unpaired) electrons. The fourth-order valence-corrected chi connectivity index (χ4v) is 2.49. The monoisotopic (exact) mass is 185 g/mol. The predicted molar refractivity (Wildman–Crippen MR) is 50.5 cm³/mol. The molecular weight excluding hydrogens is 166 g/mol. The fourth-order valence-electron chi connectivity index (χ4n) is 2.49. The van der Waals surface area contributed by atoms with E-state index < -0.39 is 0 Å². The molecule has 0 saturated carbocycles. The van der Waals surface area contributed by atoms with Crippen molar-refractivity contribution in [2.45, 2.75) is 32.1 Å². The molecule has 13 heavy (non-hydrogen) atoms. The highest BCUT2D eigenvalue weighted by Gasteiger charge is 2.47.